The number of halogens is 1. The molecule has 0 saturated carbocycles. The summed E-state index contributed by atoms with van der Waals surface area (Å²) in [7, 11) is 0. The number of carboxylic acid groups (broad SMARTS) is 1. The van der Waals surface area contributed by atoms with E-state index in [4.69, 9.17) is 10.8 Å². The molecule has 0 aliphatic heterocycles. The number of benzene rings is 2. The van der Waals surface area contributed by atoms with Crippen LogP contribution in [-0.2, 0) is 4.79 Å². The molecule has 0 amide bonds. The second-order valence-electron chi connectivity index (χ2n) is 4.25. The van der Waals surface area contributed by atoms with Crippen LogP contribution in [0.3, 0.4) is 0 Å². The van der Waals surface area contributed by atoms with E-state index in [2.05, 4.69) is 0 Å². The molecule has 0 fully saturated rings. The van der Waals surface area contributed by atoms with E-state index >= 15 is 0 Å². The van der Waals surface area contributed by atoms with Gasteiger partial charge in [-0.15, -0.1) is 0 Å². The third-order valence-corrected chi connectivity index (χ3v) is 2.89. The lowest BCUT2D eigenvalue weighted by atomic mass is 9.98. The van der Waals surface area contributed by atoms with Crippen molar-refractivity contribution in [1.29, 1.82) is 0 Å². The van der Waals surface area contributed by atoms with Crippen LogP contribution in [-0.4, -0.2) is 16.9 Å². The lowest BCUT2D eigenvalue weighted by Gasteiger charge is -2.09. The van der Waals surface area contributed by atoms with Gasteiger partial charge in [0.25, 0.3) is 0 Å². The van der Waals surface area contributed by atoms with Crippen LogP contribution >= 0.6 is 0 Å². The fraction of sp³-hybridized carbons (Fsp3) is 0.0667. The summed E-state index contributed by atoms with van der Waals surface area (Å²) in [6.07, 6.45) is 0. The number of hydrogen-bond acceptors (Lipinski definition) is 3. The lowest BCUT2D eigenvalue weighted by Crippen LogP contribution is -2.21. The van der Waals surface area contributed by atoms with Crippen molar-refractivity contribution in [3.05, 3.63) is 71.0 Å². The minimum absolute atomic E-state index is 0.0615. The second-order valence-corrected chi connectivity index (χ2v) is 4.25. The van der Waals surface area contributed by atoms with Crippen LogP contribution in [0.2, 0.25) is 0 Å². The third-order valence-electron chi connectivity index (χ3n) is 2.89. The number of carbonyl (C=O) groups excluding carboxylic acids is 1. The van der Waals surface area contributed by atoms with E-state index in [9.17, 15) is 14.0 Å². The number of rotatable bonds is 4. The van der Waals surface area contributed by atoms with Gasteiger partial charge >= 0.3 is 5.97 Å². The Morgan fingerprint density at radius 2 is 1.80 bits per heavy atom. The molecule has 102 valence electrons. The molecule has 2 aromatic carbocycles. The predicted octanol–water partition coefficient (Wildman–Crippen LogP) is 2.14. The first-order valence-corrected chi connectivity index (χ1v) is 5.88. The third kappa shape index (κ3) is 2.73. The molecule has 0 aromatic heterocycles. The van der Waals surface area contributed by atoms with Gasteiger partial charge in [0.1, 0.15) is 11.9 Å². The van der Waals surface area contributed by atoms with Crippen molar-refractivity contribution in [3.8, 4) is 0 Å². The molecule has 0 saturated heterocycles. The topological polar surface area (TPSA) is 80.4 Å². The van der Waals surface area contributed by atoms with Crippen molar-refractivity contribution in [1.82, 2.24) is 0 Å². The van der Waals surface area contributed by atoms with Crippen molar-refractivity contribution in [3.63, 3.8) is 0 Å². The molecule has 2 rings (SSSR count). The monoisotopic (exact) mass is 273 g/mol. The number of aliphatic carboxylic acids is 1. The molecule has 0 heterocycles. The summed E-state index contributed by atoms with van der Waals surface area (Å²) >= 11 is 0. The zero-order valence-corrected chi connectivity index (χ0v) is 10.4. The summed E-state index contributed by atoms with van der Waals surface area (Å²) < 4.78 is 13.6. The van der Waals surface area contributed by atoms with Gasteiger partial charge in [-0.2, -0.15) is 0 Å². The highest BCUT2D eigenvalue weighted by Gasteiger charge is 2.18. The smallest absolute Gasteiger partial charge is 0.325 e. The van der Waals surface area contributed by atoms with Crippen molar-refractivity contribution in [2.45, 2.75) is 6.04 Å². The van der Waals surface area contributed by atoms with Crippen LogP contribution < -0.4 is 5.73 Å². The largest absolute Gasteiger partial charge is 0.480 e. The molecule has 3 N–H and O–H groups in total. The number of nitrogens with two attached hydrogens (primary N) is 1. The Kier molecular flexibility index (Phi) is 3.91. The molecule has 2 aromatic rings. The summed E-state index contributed by atoms with van der Waals surface area (Å²) in [6, 6.07) is 10.3. The van der Waals surface area contributed by atoms with Gasteiger partial charge in [-0.25, -0.2) is 4.39 Å². The van der Waals surface area contributed by atoms with Crippen LogP contribution in [0.15, 0.2) is 48.5 Å². The molecular formula is C15H12FNO3. The Morgan fingerprint density at radius 3 is 2.45 bits per heavy atom. The molecule has 0 radical (unpaired) electrons. The zero-order chi connectivity index (χ0) is 14.7. The van der Waals surface area contributed by atoms with E-state index in [0.29, 0.717) is 5.56 Å². The van der Waals surface area contributed by atoms with E-state index in [1.54, 1.807) is 6.07 Å². The maximum absolute atomic E-state index is 13.6. The van der Waals surface area contributed by atoms with E-state index in [1.165, 1.54) is 42.5 Å². The van der Waals surface area contributed by atoms with E-state index < -0.39 is 23.6 Å². The summed E-state index contributed by atoms with van der Waals surface area (Å²) in [6.45, 7) is 0. The van der Waals surface area contributed by atoms with Crippen LogP contribution in [0.25, 0.3) is 0 Å². The second kappa shape index (κ2) is 5.63. The fourth-order valence-electron chi connectivity index (χ4n) is 1.82. The van der Waals surface area contributed by atoms with Gasteiger partial charge in [0.05, 0.1) is 5.56 Å². The van der Waals surface area contributed by atoms with Crippen molar-refractivity contribution >= 4 is 11.8 Å². The Balaban J connectivity index is 2.39. The Bertz CT molecular complexity index is 670. The first-order valence-electron chi connectivity index (χ1n) is 5.88. The van der Waals surface area contributed by atoms with Crippen LogP contribution in [0.1, 0.15) is 27.5 Å². The van der Waals surface area contributed by atoms with E-state index in [-0.39, 0.29) is 11.1 Å². The Morgan fingerprint density at radius 1 is 1.10 bits per heavy atom. The number of ketones is 1. The van der Waals surface area contributed by atoms with E-state index in [0.717, 1.165) is 0 Å². The average molecular weight is 273 g/mol. The van der Waals surface area contributed by atoms with Crippen molar-refractivity contribution < 1.29 is 19.1 Å². The maximum Gasteiger partial charge on any atom is 0.325 e. The Hall–Kier alpha value is -2.53. The van der Waals surface area contributed by atoms with Crippen molar-refractivity contribution in [2.75, 3.05) is 0 Å². The molecular weight excluding hydrogens is 261 g/mol. The highest BCUT2D eigenvalue weighted by atomic mass is 19.1. The van der Waals surface area contributed by atoms with Gasteiger partial charge in [0.15, 0.2) is 5.78 Å². The quantitative estimate of drug-likeness (QED) is 0.836. The minimum Gasteiger partial charge on any atom is -0.480 e. The van der Waals surface area contributed by atoms with Gasteiger partial charge in [-0.3, -0.25) is 9.59 Å². The highest BCUT2D eigenvalue weighted by molar-refractivity contribution is 6.09. The molecule has 0 aliphatic rings. The maximum atomic E-state index is 13.6. The van der Waals surface area contributed by atoms with Gasteiger partial charge in [0, 0.05) is 5.56 Å². The molecule has 1 atom stereocenters. The molecule has 0 spiro atoms. The van der Waals surface area contributed by atoms with Crippen molar-refractivity contribution in [2.24, 2.45) is 5.73 Å². The van der Waals surface area contributed by atoms with Crippen LogP contribution in [0.4, 0.5) is 4.39 Å². The summed E-state index contributed by atoms with van der Waals surface area (Å²) in [4.78, 5) is 23.0. The summed E-state index contributed by atoms with van der Waals surface area (Å²) in [5, 5.41) is 8.86. The van der Waals surface area contributed by atoms with Crippen LogP contribution in [0, 0.1) is 5.82 Å². The summed E-state index contributed by atoms with van der Waals surface area (Å²) in [5.41, 5.74) is 5.92. The lowest BCUT2D eigenvalue weighted by molar-refractivity contribution is -0.138. The molecule has 5 heteroatoms. The highest BCUT2D eigenvalue weighted by Crippen LogP contribution is 2.17. The first-order chi connectivity index (χ1) is 9.50. The average Bonchev–Trinajstić information content (AvgIpc) is 2.46. The predicted molar refractivity (Wildman–Crippen MR) is 70.8 cm³/mol. The number of carboxylic acids is 1. The molecule has 0 bridgehead atoms. The minimum atomic E-state index is -1.22. The normalized spacial score (nSPS) is 11.9. The molecule has 1 unspecified atom stereocenters. The Labute approximate surface area is 114 Å². The molecule has 4 nitrogen and oxygen atoms in total. The van der Waals surface area contributed by atoms with Crippen LogP contribution in [0.5, 0.6) is 0 Å². The van der Waals surface area contributed by atoms with Gasteiger partial charge in [0.2, 0.25) is 0 Å². The molecule has 0 aliphatic carbocycles. The SMILES string of the molecule is NC(C(=O)O)c1cccc(C(=O)c2ccccc2F)c1. The van der Waals surface area contributed by atoms with E-state index in [1.807, 2.05) is 0 Å². The fourth-order valence-corrected chi connectivity index (χ4v) is 1.82. The van der Waals surface area contributed by atoms with Gasteiger partial charge in [-0.1, -0.05) is 30.3 Å². The van der Waals surface area contributed by atoms with Gasteiger partial charge in [-0.05, 0) is 23.8 Å². The summed E-state index contributed by atoms with van der Waals surface area (Å²) in [5.74, 6) is -2.33. The number of hydrogen-bond donors (Lipinski definition) is 2. The standard InChI is InChI=1S/C15H12FNO3/c16-12-7-2-1-6-11(12)14(18)10-5-3-4-9(8-10)13(17)15(19)20/h1-8,13H,17H2,(H,19,20). The van der Waals surface area contributed by atoms with Gasteiger partial charge < -0.3 is 10.8 Å². The molecule has 20 heavy (non-hydrogen) atoms. The zero-order valence-electron chi connectivity index (χ0n) is 10.4. The first kappa shape index (κ1) is 13.9. The number of carbonyl (C=O) groups is 2.